The summed E-state index contributed by atoms with van der Waals surface area (Å²) in [6.07, 6.45) is 2.99. The number of rotatable bonds is 13. The van der Waals surface area contributed by atoms with Crippen molar-refractivity contribution in [1.29, 1.82) is 0 Å². The normalized spacial score (nSPS) is 19.8. The van der Waals surface area contributed by atoms with Gasteiger partial charge in [-0.3, -0.25) is 4.79 Å². The van der Waals surface area contributed by atoms with Gasteiger partial charge >= 0.3 is 6.09 Å². The molecule has 1 saturated carbocycles. The molecule has 1 saturated heterocycles. The summed E-state index contributed by atoms with van der Waals surface area (Å²) in [6, 6.07) is 5.91. The van der Waals surface area contributed by atoms with Crippen LogP contribution in [0.1, 0.15) is 45.1 Å². The molecule has 2 atom stereocenters. The van der Waals surface area contributed by atoms with Crippen LogP contribution >= 0.6 is 0 Å². The molecule has 0 aromatic heterocycles. The molecule has 1 aromatic rings. The van der Waals surface area contributed by atoms with Gasteiger partial charge in [-0.2, -0.15) is 0 Å². The van der Waals surface area contributed by atoms with Crippen LogP contribution in [-0.2, 0) is 20.8 Å². The van der Waals surface area contributed by atoms with E-state index in [1.807, 2.05) is 36.9 Å². The van der Waals surface area contributed by atoms with Gasteiger partial charge in [0.2, 0.25) is 5.91 Å². The van der Waals surface area contributed by atoms with Crippen LogP contribution in [0.15, 0.2) is 18.2 Å². The number of amides is 2. The van der Waals surface area contributed by atoms with Crippen LogP contribution in [0.3, 0.4) is 0 Å². The maximum atomic E-state index is 13.6. The summed E-state index contributed by atoms with van der Waals surface area (Å²) < 4.78 is 21.7. The van der Waals surface area contributed by atoms with Crippen LogP contribution in [0.25, 0.3) is 0 Å². The lowest BCUT2D eigenvalue weighted by molar-refractivity contribution is -0.137. The molecule has 0 spiro atoms. The molecule has 1 aliphatic heterocycles. The Morgan fingerprint density at radius 1 is 1.11 bits per heavy atom. The predicted molar refractivity (Wildman–Crippen MR) is 133 cm³/mol. The highest BCUT2D eigenvalue weighted by Crippen LogP contribution is 2.32. The van der Waals surface area contributed by atoms with Crippen LogP contribution in [-0.4, -0.2) is 76.1 Å². The summed E-state index contributed by atoms with van der Waals surface area (Å²) in [7, 11) is 3.30. The van der Waals surface area contributed by atoms with Crippen molar-refractivity contribution >= 4 is 12.0 Å². The molecule has 0 radical (unpaired) electrons. The number of benzene rings is 1. The van der Waals surface area contributed by atoms with Crippen molar-refractivity contribution in [3.63, 3.8) is 0 Å². The van der Waals surface area contributed by atoms with Crippen molar-refractivity contribution in [3.05, 3.63) is 23.8 Å². The van der Waals surface area contributed by atoms with E-state index in [-0.39, 0.29) is 29.8 Å². The topological polar surface area (TPSA) is 98.4 Å². The van der Waals surface area contributed by atoms with Crippen LogP contribution in [0, 0.1) is 11.8 Å². The van der Waals surface area contributed by atoms with Crippen molar-refractivity contribution in [2.24, 2.45) is 11.8 Å². The molecule has 1 aliphatic carbocycles. The highest BCUT2D eigenvalue weighted by atomic mass is 16.5. The molecule has 2 amide bonds. The van der Waals surface area contributed by atoms with E-state index in [2.05, 4.69) is 10.6 Å². The number of piperidine rings is 1. The third-order valence-electron chi connectivity index (χ3n) is 6.13. The molecule has 1 aromatic carbocycles. The fourth-order valence-corrected chi connectivity index (χ4v) is 4.21. The van der Waals surface area contributed by atoms with Gasteiger partial charge in [0.05, 0.1) is 26.2 Å². The molecule has 9 heteroatoms. The van der Waals surface area contributed by atoms with E-state index in [1.54, 1.807) is 14.2 Å². The maximum Gasteiger partial charge on any atom is 0.407 e. The molecule has 1 heterocycles. The molecule has 2 N–H and O–H groups in total. The zero-order valence-electron chi connectivity index (χ0n) is 21.5. The van der Waals surface area contributed by atoms with Gasteiger partial charge in [-0.15, -0.1) is 0 Å². The van der Waals surface area contributed by atoms with Crippen LogP contribution in [0.4, 0.5) is 4.79 Å². The first-order chi connectivity index (χ1) is 16.9. The smallest absolute Gasteiger partial charge is 0.407 e. The molecule has 2 aliphatic rings. The zero-order valence-corrected chi connectivity index (χ0v) is 21.5. The molecule has 9 nitrogen and oxygen atoms in total. The number of carbonyl (C=O) groups is 2. The molecule has 0 bridgehead atoms. The highest BCUT2D eigenvalue weighted by molar-refractivity contribution is 5.80. The summed E-state index contributed by atoms with van der Waals surface area (Å²) in [5, 5.41) is 6.21. The third-order valence-corrected chi connectivity index (χ3v) is 6.13. The molecule has 3 rings (SSSR count). The highest BCUT2D eigenvalue weighted by Gasteiger charge is 2.38. The van der Waals surface area contributed by atoms with E-state index in [9.17, 15) is 9.59 Å². The molecule has 35 heavy (non-hydrogen) atoms. The van der Waals surface area contributed by atoms with E-state index in [4.69, 9.17) is 18.9 Å². The van der Waals surface area contributed by atoms with Crippen molar-refractivity contribution < 1.29 is 28.5 Å². The molecular weight excluding hydrogens is 450 g/mol. The van der Waals surface area contributed by atoms with E-state index in [0.29, 0.717) is 51.6 Å². The Morgan fingerprint density at radius 3 is 2.57 bits per heavy atom. The lowest BCUT2D eigenvalue weighted by Crippen LogP contribution is -2.53. The van der Waals surface area contributed by atoms with Gasteiger partial charge in [-0.1, -0.05) is 13.8 Å². The van der Waals surface area contributed by atoms with Gasteiger partial charge < -0.3 is 34.5 Å². The van der Waals surface area contributed by atoms with Crippen LogP contribution in [0.5, 0.6) is 11.5 Å². The number of ether oxygens (including phenoxy) is 4. The summed E-state index contributed by atoms with van der Waals surface area (Å²) in [5.74, 6) is 1.63. The van der Waals surface area contributed by atoms with Gasteiger partial charge in [0.25, 0.3) is 0 Å². The van der Waals surface area contributed by atoms with Crippen LogP contribution in [0.2, 0.25) is 0 Å². The fourth-order valence-electron chi connectivity index (χ4n) is 4.21. The summed E-state index contributed by atoms with van der Waals surface area (Å²) in [4.78, 5) is 27.7. The summed E-state index contributed by atoms with van der Waals surface area (Å²) in [6.45, 7) is 7.29. The lowest BCUT2D eigenvalue weighted by Gasteiger charge is -2.33. The average molecular weight is 492 g/mol. The van der Waals surface area contributed by atoms with E-state index in [1.165, 1.54) is 0 Å². The first kappa shape index (κ1) is 27.1. The Hall–Kier alpha value is -2.52. The molecule has 2 unspecified atom stereocenters. The number of nitrogens with zero attached hydrogens (tertiary/aromatic N) is 1. The van der Waals surface area contributed by atoms with E-state index < -0.39 is 6.09 Å². The first-order valence-electron chi connectivity index (χ1n) is 12.6. The largest absolute Gasteiger partial charge is 0.497 e. The molecule has 196 valence electrons. The second-order valence-electron chi connectivity index (χ2n) is 9.83. The minimum atomic E-state index is -0.424. The number of nitrogens with one attached hydrogen (secondary N) is 2. The van der Waals surface area contributed by atoms with Gasteiger partial charge in [0, 0.05) is 57.9 Å². The lowest BCUT2D eigenvalue weighted by atomic mass is 9.94. The third kappa shape index (κ3) is 8.89. The van der Waals surface area contributed by atoms with Crippen LogP contribution < -0.4 is 20.1 Å². The second kappa shape index (κ2) is 13.5. The Kier molecular flexibility index (Phi) is 10.5. The fraction of sp³-hybridized carbons (Fsp3) is 0.692. The van der Waals surface area contributed by atoms with Crippen molar-refractivity contribution in [2.45, 2.75) is 58.2 Å². The Balaban J connectivity index is 1.62. The van der Waals surface area contributed by atoms with Crippen molar-refractivity contribution in [1.82, 2.24) is 15.5 Å². The van der Waals surface area contributed by atoms with Gasteiger partial charge in [0.15, 0.2) is 0 Å². The molecule has 2 fully saturated rings. The standard InChI is InChI=1S/C26H41N3O6/c1-18(2)17-35-26(31)28-21-12-20(14-27-15-21)25(30)29(22-6-7-22)16-19-10-23(33-4)13-24(11-19)34-9-5-8-32-3/h10-11,13,18,20-22,27H,5-9,12,14-17H2,1-4H3,(H,28,31). The Bertz CT molecular complexity index is 829. The number of carbonyl (C=O) groups excluding carboxylic acids is 2. The van der Waals surface area contributed by atoms with Crippen molar-refractivity contribution in [3.8, 4) is 11.5 Å². The van der Waals surface area contributed by atoms with Crippen molar-refractivity contribution in [2.75, 3.05) is 47.1 Å². The van der Waals surface area contributed by atoms with Gasteiger partial charge in [0.1, 0.15) is 11.5 Å². The van der Waals surface area contributed by atoms with E-state index in [0.717, 1.165) is 30.6 Å². The summed E-state index contributed by atoms with van der Waals surface area (Å²) >= 11 is 0. The number of methoxy groups -OCH3 is 2. The minimum Gasteiger partial charge on any atom is -0.497 e. The molecular formula is C26H41N3O6. The van der Waals surface area contributed by atoms with Gasteiger partial charge in [-0.25, -0.2) is 4.79 Å². The number of hydrogen-bond donors (Lipinski definition) is 2. The number of alkyl carbamates (subject to hydrolysis) is 1. The number of hydrogen-bond acceptors (Lipinski definition) is 7. The minimum absolute atomic E-state index is 0.118. The average Bonchev–Trinajstić information content (AvgIpc) is 3.69. The first-order valence-corrected chi connectivity index (χ1v) is 12.6. The van der Waals surface area contributed by atoms with Gasteiger partial charge in [-0.05, 0) is 42.9 Å². The SMILES string of the molecule is COCCCOc1cc(CN(C(=O)C2CNCC(NC(=O)OCC(C)C)C2)C2CC2)cc(OC)c1. The monoisotopic (exact) mass is 491 g/mol. The Morgan fingerprint density at radius 2 is 1.89 bits per heavy atom. The predicted octanol–water partition coefficient (Wildman–Crippen LogP) is 2.96. The summed E-state index contributed by atoms with van der Waals surface area (Å²) in [5.41, 5.74) is 0.974. The maximum absolute atomic E-state index is 13.6. The quantitative estimate of drug-likeness (QED) is 0.410. The Labute approximate surface area is 208 Å². The zero-order chi connectivity index (χ0) is 25.2. The van der Waals surface area contributed by atoms with E-state index >= 15 is 0 Å². The second-order valence-corrected chi connectivity index (χ2v) is 9.83.